The summed E-state index contributed by atoms with van der Waals surface area (Å²) in [6, 6.07) is 6.46. The Morgan fingerprint density at radius 3 is 2.63 bits per heavy atom. The second-order valence-electron chi connectivity index (χ2n) is 8.95. The summed E-state index contributed by atoms with van der Waals surface area (Å²) in [6.45, 7) is 1.90. The molecule has 10 nitrogen and oxygen atoms in total. The highest BCUT2D eigenvalue weighted by atomic mass is 32.2. The van der Waals surface area contributed by atoms with Gasteiger partial charge >= 0.3 is 5.97 Å². The molecule has 1 aromatic carbocycles. The van der Waals surface area contributed by atoms with E-state index in [0.29, 0.717) is 35.3 Å². The molecule has 0 atom stereocenters. The molecule has 0 radical (unpaired) electrons. The number of ether oxygens (including phenoxy) is 1. The number of sulfonamides is 1. The van der Waals surface area contributed by atoms with Gasteiger partial charge in [-0.2, -0.15) is 9.40 Å². The number of aromatic nitrogens is 3. The maximum atomic E-state index is 13.7. The van der Waals surface area contributed by atoms with Gasteiger partial charge < -0.3 is 15.8 Å². The molecule has 1 aliphatic carbocycles. The molecule has 3 heterocycles. The minimum absolute atomic E-state index is 0.0731. The molecular formula is C23H27FN6O4S. The molecule has 1 saturated heterocycles. The van der Waals surface area contributed by atoms with Crippen molar-refractivity contribution < 1.29 is 22.3 Å². The van der Waals surface area contributed by atoms with Crippen molar-refractivity contribution in [2.24, 2.45) is 5.73 Å². The van der Waals surface area contributed by atoms with Crippen LogP contribution in [0.5, 0.6) is 0 Å². The fourth-order valence-corrected chi connectivity index (χ4v) is 5.67. The summed E-state index contributed by atoms with van der Waals surface area (Å²) in [5.74, 6) is -0.310. The zero-order chi connectivity index (χ0) is 24.7. The molecule has 3 aromatic rings. The third-order valence-electron chi connectivity index (χ3n) is 6.35. The summed E-state index contributed by atoms with van der Waals surface area (Å²) in [5.41, 5.74) is 7.17. The number of carbonyl (C=O) groups excluding carboxylic acids is 1. The maximum absolute atomic E-state index is 13.7. The van der Waals surface area contributed by atoms with Gasteiger partial charge in [0.1, 0.15) is 11.9 Å². The van der Waals surface area contributed by atoms with E-state index in [1.54, 1.807) is 25.3 Å². The Balaban J connectivity index is 1.43. The summed E-state index contributed by atoms with van der Waals surface area (Å²) in [4.78, 5) is 15.7. The Kier molecular flexibility index (Phi) is 6.20. The zero-order valence-corrected chi connectivity index (χ0v) is 20.1. The largest absolute Gasteiger partial charge is 0.461 e. The molecule has 35 heavy (non-hydrogen) atoms. The van der Waals surface area contributed by atoms with Crippen LogP contribution in [0.15, 0.2) is 35.5 Å². The van der Waals surface area contributed by atoms with Gasteiger partial charge in [-0.05, 0) is 62.4 Å². The number of esters is 1. The Labute approximate surface area is 202 Å². The molecule has 5 rings (SSSR count). The molecular weight excluding hydrogens is 475 g/mol. The molecule has 2 fully saturated rings. The van der Waals surface area contributed by atoms with E-state index in [0.717, 1.165) is 18.4 Å². The Hall–Kier alpha value is -3.09. The van der Waals surface area contributed by atoms with Gasteiger partial charge in [0.15, 0.2) is 10.8 Å². The van der Waals surface area contributed by atoms with Gasteiger partial charge in [-0.15, -0.1) is 0 Å². The van der Waals surface area contributed by atoms with Gasteiger partial charge in [0.25, 0.3) is 10.0 Å². The molecule has 12 heteroatoms. The van der Waals surface area contributed by atoms with Gasteiger partial charge in [-0.3, -0.25) is 9.48 Å². The fourth-order valence-electron chi connectivity index (χ4n) is 4.26. The normalized spacial score (nSPS) is 17.6. The van der Waals surface area contributed by atoms with Gasteiger partial charge in [-0.1, -0.05) is 0 Å². The minimum atomic E-state index is -3.87. The molecule has 1 aliphatic heterocycles. The number of piperidine rings is 1. The molecule has 0 unspecified atom stereocenters. The third-order valence-corrected chi connectivity index (χ3v) is 8.15. The first kappa shape index (κ1) is 23.6. The monoisotopic (exact) mass is 502 g/mol. The Morgan fingerprint density at radius 2 is 1.97 bits per heavy atom. The third kappa shape index (κ3) is 4.73. The molecule has 2 aromatic heterocycles. The van der Waals surface area contributed by atoms with Crippen LogP contribution < -0.4 is 11.1 Å². The van der Waals surface area contributed by atoms with Crippen LogP contribution >= 0.6 is 0 Å². The summed E-state index contributed by atoms with van der Waals surface area (Å²) >= 11 is 0. The number of hydrogen-bond donors (Lipinski definition) is 2. The van der Waals surface area contributed by atoms with Crippen molar-refractivity contribution in [1.82, 2.24) is 19.1 Å². The predicted molar refractivity (Wildman–Crippen MR) is 127 cm³/mol. The number of nitrogens with two attached hydrogens (primary N) is 1. The van der Waals surface area contributed by atoms with Crippen LogP contribution in [0.4, 0.5) is 15.9 Å². The van der Waals surface area contributed by atoms with Crippen molar-refractivity contribution in [3.05, 3.63) is 41.8 Å². The average molecular weight is 503 g/mol. The highest BCUT2D eigenvalue weighted by Gasteiger charge is 2.33. The van der Waals surface area contributed by atoms with E-state index in [4.69, 9.17) is 10.5 Å². The van der Waals surface area contributed by atoms with E-state index in [9.17, 15) is 17.6 Å². The van der Waals surface area contributed by atoms with Crippen molar-refractivity contribution in [1.29, 1.82) is 0 Å². The van der Waals surface area contributed by atoms with Crippen LogP contribution in [0.3, 0.4) is 0 Å². The Morgan fingerprint density at radius 1 is 1.23 bits per heavy atom. The summed E-state index contributed by atoms with van der Waals surface area (Å²) < 4.78 is 48.9. The zero-order valence-electron chi connectivity index (χ0n) is 19.3. The predicted octanol–water partition coefficient (Wildman–Crippen LogP) is 2.61. The van der Waals surface area contributed by atoms with Crippen LogP contribution in [-0.4, -0.2) is 59.2 Å². The number of carbonyl (C=O) groups is 1. The first-order chi connectivity index (χ1) is 16.8. The molecule has 186 valence electrons. The topological polar surface area (TPSA) is 132 Å². The number of hydrogen-bond acceptors (Lipinski definition) is 8. The number of fused-ring (bicyclic) bond motifs is 1. The van der Waals surface area contributed by atoms with Gasteiger partial charge in [0.05, 0.1) is 24.3 Å². The first-order valence-electron chi connectivity index (χ1n) is 11.6. The minimum Gasteiger partial charge on any atom is -0.461 e. The van der Waals surface area contributed by atoms with Crippen LogP contribution in [0.25, 0.3) is 10.9 Å². The first-order valence-corrected chi connectivity index (χ1v) is 13.0. The fraction of sp³-hybridized carbons (Fsp3) is 0.435. The van der Waals surface area contributed by atoms with E-state index < -0.39 is 16.0 Å². The quantitative estimate of drug-likeness (QED) is 0.471. The highest BCUT2D eigenvalue weighted by molar-refractivity contribution is 7.89. The lowest BCUT2D eigenvalue weighted by Gasteiger charge is -2.30. The van der Waals surface area contributed by atoms with Crippen LogP contribution in [0.2, 0.25) is 0 Å². The summed E-state index contributed by atoms with van der Waals surface area (Å²) in [6.07, 6.45) is 3.97. The average Bonchev–Trinajstić information content (AvgIpc) is 3.64. The van der Waals surface area contributed by atoms with Gasteiger partial charge in [0.2, 0.25) is 0 Å². The Bertz CT molecular complexity index is 1380. The van der Waals surface area contributed by atoms with Crippen molar-refractivity contribution in [3.63, 3.8) is 0 Å². The van der Waals surface area contributed by atoms with Gasteiger partial charge in [-0.25, -0.2) is 17.8 Å². The van der Waals surface area contributed by atoms with Crippen LogP contribution in [0.1, 0.15) is 37.3 Å². The number of aryl methyl sites for hydroxylation is 1. The number of nitrogens with one attached hydrogen (secondary N) is 1. The number of nitrogens with zero attached hydrogens (tertiary/aromatic N) is 4. The van der Waals surface area contributed by atoms with Crippen LogP contribution in [-0.2, 0) is 19.6 Å². The van der Waals surface area contributed by atoms with Crippen molar-refractivity contribution >= 4 is 38.4 Å². The molecule has 3 N–H and O–H groups in total. The number of anilines is 2. The molecule has 0 spiro atoms. The van der Waals surface area contributed by atoms with Gasteiger partial charge in [0, 0.05) is 24.2 Å². The van der Waals surface area contributed by atoms with E-state index in [2.05, 4.69) is 15.4 Å². The van der Waals surface area contributed by atoms with E-state index >= 15 is 0 Å². The van der Waals surface area contributed by atoms with Crippen LogP contribution in [0, 0.1) is 12.7 Å². The summed E-state index contributed by atoms with van der Waals surface area (Å²) in [5, 5.41) is 8.45. The molecule has 1 saturated carbocycles. The lowest BCUT2D eigenvalue weighted by atomic mass is 10.1. The molecule has 2 aliphatic rings. The van der Waals surface area contributed by atoms with Crippen molar-refractivity contribution in [2.45, 2.75) is 49.8 Å². The number of halogens is 1. The summed E-state index contributed by atoms with van der Waals surface area (Å²) in [7, 11) is -3.87. The highest BCUT2D eigenvalue weighted by Crippen LogP contribution is 2.39. The second-order valence-corrected chi connectivity index (χ2v) is 10.8. The maximum Gasteiger partial charge on any atom is 0.319 e. The lowest BCUT2D eigenvalue weighted by Crippen LogP contribution is -2.42. The number of benzene rings is 1. The molecule has 0 amide bonds. The van der Waals surface area contributed by atoms with E-state index in [1.807, 2.05) is 4.68 Å². The van der Waals surface area contributed by atoms with E-state index in [-0.39, 0.29) is 42.6 Å². The number of pyridine rings is 1. The molecule has 0 bridgehead atoms. The lowest BCUT2D eigenvalue weighted by molar-refractivity contribution is -0.148. The SMILES string of the molecule is Cc1cc(Nc2nn(C3CC3)c3cnc(S(=O)(=O)N4CCC(OC(=O)CN)CC4)cc23)ccc1F. The number of rotatable bonds is 7. The van der Waals surface area contributed by atoms with Crippen molar-refractivity contribution in [2.75, 3.05) is 25.0 Å². The van der Waals surface area contributed by atoms with E-state index in [1.165, 1.54) is 16.4 Å². The smallest absolute Gasteiger partial charge is 0.319 e. The second kappa shape index (κ2) is 9.17. The van der Waals surface area contributed by atoms with Crippen molar-refractivity contribution in [3.8, 4) is 0 Å². The standard InChI is InChI=1S/C23H27FN6O4S/c1-14-10-15(2-5-19(14)24)27-23-18-11-21(26-13-20(18)30(28-23)16-3-4-16)35(32,33)29-8-6-17(7-9-29)34-22(31)12-25/h2,5,10-11,13,16-17H,3-4,6-9,12,25H2,1H3,(H,27,28).